The second-order valence-electron chi connectivity index (χ2n) is 2.32. The van der Waals surface area contributed by atoms with Crippen LogP contribution in [0.3, 0.4) is 0 Å². The van der Waals surface area contributed by atoms with Crippen molar-refractivity contribution in [1.29, 1.82) is 0 Å². The largest absolute Gasteiger partial charge is 0.361 e. The number of primary amides is 1. The zero-order valence-electron chi connectivity index (χ0n) is 7.18. The highest BCUT2D eigenvalue weighted by atomic mass is 16.2. The minimum atomic E-state index is -1.08. The Bertz CT molecular complexity index is 361. The Hall–Kier alpha value is -2.24. The molecule has 1 aromatic heterocycles. The Balaban J connectivity index is 2.50. The lowest BCUT2D eigenvalue weighted by Gasteiger charge is -1.92. The van der Waals surface area contributed by atoms with E-state index in [0.717, 1.165) is 0 Å². The van der Waals surface area contributed by atoms with Crippen LogP contribution in [0.5, 0.6) is 0 Å². The number of carbonyl (C=O) groups excluding carboxylic acids is 2. The number of hydrazone groups is 1. The Morgan fingerprint density at radius 2 is 2.29 bits per heavy atom. The lowest BCUT2D eigenvalue weighted by Crippen LogP contribution is -2.32. The number of nitrogens with two attached hydrogens (primary N) is 1. The molecule has 0 aliphatic carbocycles. The second-order valence-corrected chi connectivity index (χ2v) is 2.32. The monoisotopic (exact) mass is 192 g/mol. The molecule has 1 heterocycles. The highest BCUT2D eigenvalue weighted by Gasteiger charge is 2.04. The summed E-state index contributed by atoms with van der Waals surface area (Å²) in [7, 11) is 0. The third-order valence-electron chi connectivity index (χ3n) is 1.27. The quantitative estimate of drug-likeness (QED) is 0.358. The number of rotatable bonds is 2. The Morgan fingerprint density at radius 3 is 2.86 bits per heavy atom. The number of nitrogens with one attached hydrogen (secondary N) is 1. The Labute approximate surface area is 79.8 Å². The third kappa shape index (κ3) is 3.02. The summed E-state index contributed by atoms with van der Waals surface area (Å²) < 4.78 is 0. The fourth-order valence-corrected chi connectivity index (χ4v) is 0.664. The highest BCUT2D eigenvalue weighted by Crippen LogP contribution is 1.87. The highest BCUT2D eigenvalue weighted by molar-refractivity contribution is 6.34. The van der Waals surface area contributed by atoms with Gasteiger partial charge in [0.1, 0.15) is 0 Å². The van der Waals surface area contributed by atoms with Crippen LogP contribution in [0.2, 0.25) is 0 Å². The Morgan fingerprint density at radius 1 is 1.50 bits per heavy atom. The van der Waals surface area contributed by atoms with Gasteiger partial charge < -0.3 is 5.73 Å². The predicted octanol–water partition coefficient (Wildman–Crippen LogP) is -0.983. The van der Waals surface area contributed by atoms with Gasteiger partial charge in [-0.2, -0.15) is 5.10 Å². The SMILES string of the molecule is NC(=O)C(=O)N/N=C\c1ccccn1. The van der Waals surface area contributed by atoms with Crippen molar-refractivity contribution in [2.45, 2.75) is 0 Å². The van der Waals surface area contributed by atoms with Gasteiger partial charge in [0.25, 0.3) is 0 Å². The fraction of sp³-hybridized carbons (Fsp3) is 0. The molecule has 0 saturated carbocycles. The summed E-state index contributed by atoms with van der Waals surface area (Å²) in [4.78, 5) is 24.8. The van der Waals surface area contributed by atoms with Gasteiger partial charge in [-0.05, 0) is 12.1 Å². The van der Waals surface area contributed by atoms with Crippen LogP contribution in [0.4, 0.5) is 0 Å². The predicted molar refractivity (Wildman–Crippen MR) is 49.2 cm³/mol. The van der Waals surface area contributed by atoms with Crippen molar-refractivity contribution < 1.29 is 9.59 Å². The van der Waals surface area contributed by atoms with Crippen molar-refractivity contribution in [1.82, 2.24) is 10.4 Å². The first-order valence-electron chi connectivity index (χ1n) is 3.74. The molecule has 6 heteroatoms. The van der Waals surface area contributed by atoms with Crippen molar-refractivity contribution >= 4 is 18.0 Å². The van der Waals surface area contributed by atoms with E-state index in [9.17, 15) is 9.59 Å². The summed E-state index contributed by atoms with van der Waals surface area (Å²) in [5.74, 6) is -2.04. The van der Waals surface area contributed by atoms with E-state index in [4.69, 9.17) is 0 Å². The average Bonchev–Trinajstić information content (AvgIpc) is 2.19. The number of hydrogen-bond donors (Lipinski definition) is 2. The smallest absolute Gasteiger partial charge is 0.329 e. The molecule has 14 heavy (non-hydrogen) atoms. The molecule has 0 aromatic carbocycles. The molecule has 3 N–H and O–H groups in total. The number of hydrogen-bond acceptors (Lipinski definition) is 4. The van der Waals surface area contributed by atoms with Gasteiger partial charge in [-0.3, -0.25) is 14.6 Å². The maximum Gasteiger partial charge on any atom is 0.329 e. The molecule has 2 amide bonds. The summed E-state index contributed by atoms with van der Waals surface area (Å²) in [6, 6.07) is 5.21. The van der Waals surface area contributed by atoms with E-state index in [1.54, 1.807) is 24.4 Å². The molecule has 1 aromatic rings. The maximum absolute atomic E-state index is 10.6. The van der Waals surface area contributed by atoms with Crippen LogP contribution in [0.25, 0.3) is 0 Å². The molecule has 0 aliphatic heterocycles. The topological polar surface area (TPSA) is 97.4 Å². The number of carbonyl (C=O) groups is 2. The van der Waals surface area contributed by atoms with Crippen LogP contribution < -0.4 is 11.2 Å². The van der Waals surface area contributed by atoms with Gasteiger partial charge in [0.15, 0.2) is 0 Å². The summed E-state index contributed by atoms with van der Waals surface area (Å²) in [6.45, 7) is 0. The molecule has 0 spiro atoms. The molecule has 0 fully saturated rings. The van der Waals surface area contributed by atoms with Crippen molar-refractivity contribution in [2.75, 3.05) is 0 Å². The van der Waals surface area contributed by atoms with Crippen LogP contribution in [0.15, 0.2) is 29.5 Å². The van der Waals surface area contributed by atoms with E-state index >= 15 is 0 Å². The standard InChI is InChI=1S/C8H8N4O2/c9-7(13)8(14)12-11-5-6-3-1-2-4-10-6/h1-5H,(H2,9,13)(H,12,14)/b11-5-. The molecule has 0 bridgehead atoms. The first kappa shape index (κ1) is 9.85. The average molecular weight is 192 g/mol. The molecule has 0 unspecified atom stereocenters. The summed E-state index contributed by atoms with van der Waals surface area (Å²) in [5, 5.41) is 3.47. The number of nitrogens with zero attached hydrogens (tertiary/aromatic N) is 2. The molecule has 1 rings (SSSR count). The molecule has 6 nitrogen and oxygen atoms in total. The van der Waals surface area contributed by atoms with Gasteiger partial charge in [0.2, 0.25) is 0 Å². The van der Waals surface area contributed by atoms with Crippen LogP contribution in [0, 0.1) is 0 Å². The van der Waals surface area contributed by atoms with Crippen LogP contribution >= 0.6 is 0 Å². The molecule has 0 radical (unpaired) electrons. The minimum Gasteiger partial charge on any atom is -0.361 e. The number of amides is 2. The van der Waals surface area contributed by atoms with Gasteiger partial charge in [-0.1, -0.05) is 6.07 Å². The van der Waals surface area contributed by atoms with E-state index in [0.29, 0.717) is 5.69 Å². The maximum atomic E-state index is 10.6. The normalized spacial score (nSPS) is 10.0. The van der Waals surface area contributed by atoms with E-state index in [1.165, 1.54) is 6.21 Å². The van der Waals surface area contributed by atoms with E-state index in [-0.39, 0.29) is 0 Å². The first-order valence-corrected chi connectivity index (χ1v) is 3.74. The first-order chi connectivity index (χ1) is 6.70. The Kier molecular flexibility index (Phi) is 3.31. The van der Waals surface area contributed by atoms with Gasteiger partial charge in [-0.15, -0.1) is 0 Å². The van der Waals surface area contributed by atoms with Gasteiger partial charge >= 0.3 is 11.8 Å². The summed E-state index contributed by atoms with van der Waals surface area (Å²) in [6.07, 6.45) is 2.89. The van der Waals surface area contributed by atoms with Crippen LogP contribution in [-0.2, 0) is 9.59 Å². The second kappa shape index (κ2) is 4.70. The summed E-state index contributed by atoms with van der Waals surface area (Å²) in [5.41, 5.74) is 7.19. The van der Waals surface area contributed by atoms with E-state index < -0.39 is 11.8 Å². The zero-order chi connectivity index (χ0) is 10.4. The van der Waals surface area contributed by atoms with Crippen molar-refractivity contribution in [2.24, 2.45) is 10.8 Å². The molecule has 0 aliphatic rings. The van der Waals surface area contributed by atoms with Gasteiger partial charge in [0, 0.05) is 6.20 Å². The molecule has 72 valence electrons. The molecular weight excluding hydrogens is 184 g/mol. The molecule has 0 saturated heterocycles. The van der Waals surface area contributed by atoms with Crippen molar-refractivity contribution in [3.8, 4) is 0 Å². The molecule has 0 atom stereocenters. The van der Waals surface area contributed by atoms with Crippen LogP contribution in [0.1, 0.15) is 5.69 Å². The van der Waals surface area contributed by atoms with Gasteiger partial charge in [0.05, 0.1) is 11.9 Å². The van der Waals surface area contributed by atoms with Crippen molar-refractivity contribution in [3.63, 3.8) is 0 Å². The lowest BCUT2D eigenvalue weighted by atomic mass is 10.4. The number of aromatic nitrogens is 1. The van der Waals surface area contributed by atoms with Crippen LogP contribution in [-0.4, -0.2) is 23.0 Å². The fourth-order valence-electron chi connectivity index (χ4n) is 0.664. The third-order valence-corrected chi connectivity index (χ3v) is 1.27. The molecular formula is C8H8N4O2. The van der Waals surface area contributed by atoms with E-state index in [1.807, 2.05) is 5.43 Å². The lowest BCUT2D eigenvalue weighted by molar-refractivity contribution is -0.137. The van der Waals surface area contributed by atoms with Gasteiger partial charge in [-0.25, -0.2) is 5.43 Å². The summed E-state index contributed by atoms with van der Waals surface area (Å²) >= 11 is 0. The van der Waals surface area contributed by atoms with E-state index in [2.05, 4.69) is 15.8 Å². The minimum absolute atomic E-state index is 0.567. The zero-order valence-corrected chi connectivity index (χ0v) is 7.18. The number of pyridine rings is 1. The van der Waals surface area contributed by atoms with Crippen molar-refractivity contribution in [3.05, 3.63) is 30.1 Å².